The predicted octanol–water partition coefficient (Wildman–Crippen LogP) is 2.69. The lowest BCUT2D eigenvalue weighted by Crippen LogP contribution is -2.17. The van der Waals surface area contributed by atoms with Crippen LogP contribution < -0.4 is 10.5 Å². The van der Waals surface area contributed by atoms with Crippen LogP contribution in [0.15, 0.2) is 48.9 Å². The van der Waals surface area contributed by atoms with E-state index < -0.39 is 11.9 Å². The van der Waals surface area contributed by atoms with E-state index in [4.69, 9.17) is 15.6 Å². The number of benzene rings is 1. The first kappa shape index (κ1) is 16.8. The number of nitrogens with two attached hydrogens (primary N) is 1. The minimum absolute atomic E-state index is 0.140. The smallest absolute Gasteiger partial charge is 0.221 e. The molecule has 1 atom stereocenters. The van der Waals surface area contributed by atoms with Crippen molar-refractivity contribution in [2.75, 3.05) is 12.3 Å². The number of aliphatic hydroxyl groups is 1. The molecule has 3 aromatic rings. The molecule has 25 heavy (non-hydrogen) atoms. The van der Waals surface area contributed by atoms with Crippen LogP contribution in [0.5, 0.6) is 5.88 Å². The highest BCUT2D eigenvalue weighted by atomic mass is 19.1. The molecule has 2 aromatic heterocycles. The Bertz CT molecular complexity index is 871. The number of nitrogens with zero attached hydrogens (tertiary/aromatic N) is 3. The van der Waals surface area contributed by atoms with Gasteiger partial charge in [0.05, 0.1) is 24.7 Å². The number of halogens is 1. The molecular formula is C18H17FN4O2. The van der Waals surface area contributed by atoms with Crippen LogP contribution >= 0.6 is 0 Å². The summed E-state index contributed by atoms with van der Waals surface area (Å²) in [5.74, 6) is 0.168. The lowest BCUT2D eigenvalue weighted by atomic mass is 10.0. The Labute approximate surface area is 144 Å². The number of rotatable bonds is 5. The molecule has 0 fully saturated rings. The molecule has 0 bridgehead atoms. The van der Waals surface area contributed by atoms with Crippen molar-refractivity contribution < 1.29 is 14.2 Å². The maximum absolute atomic E-state index is 14.6. The Morgan fingerprint density at radius 1 is 1.16 bits per heavy atom. The molecule has 0 radical (unpaired) electrons. The van der Waals surface area contributed by atoms with Gasteiger partial charge in [0.2, 0.25) is 5.88 Å². The summed E-state index contributed by atoms with van der Waals surface area (Å²) in [4.78, 5) is 12.2. The third kappa shape index (κ3) is 3.72. The molecular weight excluding hydrogens is 323 g/mol. The molecule has 0 spiro atoms. The first-order valence-corrected chi connectivity index (χ1v) is 7.69. The molecule has 7 heteroatoms. The van der Waals surface area contributed by atoms with E-state index in [1.165, 1.54) is 18.5 Å². The Hall–Kier alpha value is -3.06. The molecule has 1 aromatic carbocycles. The van der Waals surface area contributed by atoms with Crippen molar-refractivity contribution >= 4 is 5.82 Å². The number of hydrogen-bond acceptors (Lipinski definition) is 6. The van der Waals surface area contributed by atoms with Crippen molar-refractivity contribution in [1.29, 1.82) is 0 Å². The quantitative estimate of drug-likeness (QED) is 0.741. The molecule has 0 aliphatic carbocycles. The summed E-state index contributed by atoms with van der Waals surface area (Å²) in [6.45, 7) is 1.58. The van der Waals surface area contributed by atoms with Crippen molar-refractivity contribution in [3.8, 4) is 28.3 Å². The van der Waals surface area contributed by atoms with E-state index in [9.17, 15) is 4.39 Å². The second kappa shape index (κ2) is 7.23. The van der Waals surface area contributed by atoms with E-state index in [0.29, 0.717) is 28.3 Å². The van der Waals surface area contributed by atoms with Crippen LogP contribution in [0.2, 0.25) is 0 Å². The normalized spacial score (nSPS) is 12.0. The van der Waals surface area contributed by atoms with Gasteiger partial charge in [0, 0.05) is 17.3 Å². The lowest BCUT2D eigenvalue weighted by molar-refractivity contribution is 0.126. The molecule has 0 saturated heterocycles. The van der Waals surface area contributed by atoms with Crippen molar-refractivity contribution in [3.63, 3.8) is 0 Å². The second-order valence-corrected chi connectivity index (χ2v) is 5.49. The Balaban J connectivity index is 1.97. The van der Waals surface area contributed by atoms with Gasteiger partial charge >= 0.3 is 0 Å². The van der Waals surface area contributed by atoms with Crippen molar-refractivity contribution in [3.05, 3.63) is 54.7 Å². The average molecular weight is 340 g/mol. The summed E-state index contributed by atoms with van der Waals surface area (Å²) in [6, 6.07) is 8.29. The molecule has 0 saturated carbocycles. The van der Waals surface area contributed by atoms with E-state index >= 15 is 0 Å². The molecule has 2 heterocycles. The molecule has 128 valence electrons. The number of aromatic nitrogens is 3. The van der Waals surface area contributed by atoms with Crippen molar-refractivity contribution in [1.82, 2.24) is 15.0 Å². The summed E-state index contributed by atoms with van der Waals surface area (Å²) in [6.07, 6.45) is 3.97. The SMILES string of the molecule is C[C@H](CO)Oc1ncccc1-c1ccc(-c2cnc(N)cn2)c(F)c1. The lowest BCUT2D eigenvalue weighted by Gasteiger charge is -2.15. The van der Waals surface area contributed by atoms with Crippen LogP contribution in [0.1, 0.15) is 6.92 Å². The highest BCUT2D eigenvalue weighted by Gasteiger charge is 2.14. The van der Waals surface area contributed by atoms with Gasteiger partial charge in [-0.3, -0.25) is 4.98 Å². The summed E-state index contributed by atoms with van der Waals surface area (Å²) >= 11 is 0. The maximum Gasteiger partial charge on any atom is 0.221 e. The van der Waals surface area contributed by atoms with E-state index in [-0.39, 0.29) is 12.4 Å². The molecule has 6 nitrogen and oxygen atoms in total. The van der Waals surface area contributed by atoms with Gasteiger partial charge in [0.15, 0.2) is 0 Å². The standard InChI is InChI=1S/C18H17FN4O2/c1-11(10-24)25-18-13(3-2-6-21-18)12-4-5-14(15(19)7-12)16-8-23-17(20)9-22-16/h2-9,11,24H,10H2,1H3,(H2,20,23)/t11-/m1/s1. The van der Waals surface area contributed by atoms with Crippen molar-refractivity contribution in [2.24, 2.45) is 0 Å². The number of aliphatic hydroxyl groups excluding tert-OH is 1. The fourth-order valence-electron chi connectivity index (χ4n) is 2.30. The Morgan fingerprint density at radius 3 is 2.68 bits per heavy atom. The summed E-state index contributed by atoms with van der Waals surface area (Å²) in [5, 5.41) is 9.15. The minimum Gasteiger partial charge on any atom is -0.472 e. The van der Waals surface area contributed by atoms with Gasteiger partial charge < -0.3 is 15.6 Å². The summed E-state index contributed by atoms with van der Waals surface area (Å²) in [7, 11) is 0. The van der Waals surface area contributed by atoms with Gasteiger partial charge in [-0.1, -0.05) is 6.07 Å². The van der Waals surface area contributed by atoms with Crippen LogP contribution in [0.25, 0.3) is 22.4 Å². The van der Waals surface area contributed by atoms with Gasteiger partial charge in [0.25, 0.3) is 0 Å². The highest BCUT2D eigenvalue weighted by molar-refractivity contribution is 5.72. The van der Waals surface area contributed by atoms with Crippen LogP contribution in [0.3, 0.4) is 0 Å². The summed E-state index contributed by atoms with van der Waals surface area (Å²) < 4.78 is 20.2. The number of pyridine rings is 1. The number of ether oxygens (including phenoxy) is 1. The molecule has 0 unspecified atom stereocenters. The van der Waals surface area contributed by atoms with Crippen LogP contribution in [-0.2, 0) is 0 Å². The van der Waals surface area contributed by atoms with E-state index in [1.807, 2.05) is 0 Å². The van der Waals surface area contributed by atoms with Gasteiger partial charge in [-0.05, 0) is 36.8 Å². The zero-order valence-corrected chi connectivity index (χ0v) is 13.6. The summed E-state index contributed by atoms with van der Waals surface area (Å²) in [5.41, 5.74) is 7.47. The molecule has 0 aliphatic heterocycles. The van der Waals surface area contributed by atoms with Crippen LogP contribution in [-0.4, -0.2) is 32.8 Å². The maximum atomic E-state index is 14.6. The molecule has 3 N–H and O–H groups in total. The second-order valence-electron chi connectivity index (χ2n) is 5.49. The first-order chi connectivity index (χ1) is 12.1. The predicted molar refractivity (Wildman–Crippen MR) is 92.2 cm³/mol. The van der Waals surface area contributed by atoms with Gasteiger partial charge in [0.1, 0.15) is 17.7 Å². The van der Waals surface area contributed by atoms with Crippen LogP contribution in [0, 0.1) is 5.82 Å². The van der Waals surface area contributed by atoms with Gasteiger partial charge in [-0.25, -0.2) is 14.4 Å². The first-order valence-electron chi connectivity index (χ1n) is 7.69. The van der Waals surface area contributed by atoms with Gasteiger partial charge in [-0.2, -0.15) is 0 Å². The largest absolute Gasteiger partial charge is 0.472 e. The molecule has 3 rings (SSSR count). The molecule has 0 amide bonds. The average Bonchev–Trinajstić information content (AvgIpc) is 2.63. The third-order valence-corrected chi connectivity index (χ3v) is 3.57. The third-order valence-electron chi connectivity index (χ3n) is 3.57. The number of nitrogen functional groups attached to an aromatic ring is 1. The highest BCUT2D eigenvalue weighted by Crippen LogP contribution is 2.31. The topological polar surface area (TPSA) is 94.2 Å². The van der Waals surface area contributed by atoms with E-state index in [2.05, 4.69) is 15.0 Å². The fraction of sp³-hybridized carbons (Fsp3) is 0.167. The van der Waals surface area contributed by atoms with Gasteiger partial charge in [-0.15, -0.1) is 0 Å². The molecule has 0 aliphatic rings. The fourth-order valence-corrected chi connectivity index (χ4v) is 2.30. The van der Waals surface area contributed by atoms with Crippen LogP contribution in [0.4, 0.5) is 10.2 Å². The zero-order chi connectivity index (χ0) is 17.8. The minimum atomic E-state index is -0.443. The monoisotopic (exact) mass is 340 g/mol. The zero-order valence-electron chi connectivity index (χ0n) is 13.6. The Morgan fingerprint density at radius 2 is 2.00 bits per heavy atom. The Kier molecular flexibility index (Phi) is 4.85. The van der Waals surface area contributed by atoms with E-state index in [1.54, 1.807) is 37.4 Å². The van der Waals surface area contributed by atoms with Crippen molar-refractivity contribution in [2.45, 2.75) is 13.0 Å². The van der Waals surface area contributed by atoms with E-state index in [0.717, 1.165) is 0 Å². The number of anilines is 1. The number of hydrogen-bond donors (Lipinski definition) is 2.